The molecule has 0 saturated carbocycles. The molecular formula is C13H17N3O. The van der Waals surface area contributed by atoms with Crippen LogP contribution in [0, 0.1) is 6.92 Å². The minimum atomic E-state index is 0.641. The van der Waals surface area contributed by atoms with Crippen LogP contribution in [0.3, 0.4) is 0 Å². The van der Waals surface area contributed by atoms with E-state index in [1.54, 1.807) is 0 Å². The zero-order valence-corrected chi connectivity index (χ0v) is 10.2. The van der Waals surface area contributed by atoms with Gasteiger partial charge < -0.3 is 5.32 Å². The highest BCUT2D eigenvalue weighted by Gasteiger charge is 2.04. The third-order valence-electron chi connectivity index (χ3n) is 2.70. The summed E-state index contributed by atoms with van der Waals surface area (Å²) in [5.41, 5.74) is 4.15. The molecule has 0 aliphatic heterocycles. The fourth-order valence-electron chi connectivity index (χ4n) is 1.67. The zero-order chi connectivity index (χ0) is 12.1. The smallest absolute Gasteiger partial charge is 0.127 e. The Labute approximate surface area is 101 Å². The molecule has 0 aliphatic rings. The van der Waals surface area contributed by atoms with E-state index < -0.39 is 0 Å². The molecule has 0 bridgehead atoms. The van der Waals surface area contributed by atoms with Crippen LogP contribution in [0.5, 0.6) is 0 Å². The lowest BCUT2D eigenvalue weighted by Crippen LogP contribution is -2.01. The van der Waals surface area contributed by atoms with E-state index in [0.29, 0.717) is 6.54 Å². The molecule has 0 spiro atoms. The van der Waals surface area contributed by atoms with E-state index in [1.807, 2.05) is 6.92 Å². The Morgan fingerprint density at radius 2 is 1.94 bits per heavy atom. The average molecular weight is 231 g/mol. The standard InChI is InChI=1S/C13H17N3O/c1-3-4-11-5-7-12(8-6-11)14-9-13-10(2)15-17-16-13/h5-8,14H,3-4,9H2,1-2H3. The lowest BCUT2D eigenvalue weighted by molar-refractivity contribution is 0.301. The van der Waals surface area contributed by atoms with Crippen LogP contribution in [0.1, 0.15) is 30.3 Å². The molecule has 4 heteroatoms. The Hall–Kier alpha value is -1.84. The van der Waals surface area contributed by atoms with Gasteiger partial charge in [-0.25, -0.2) is 4.63 Å². The van der Waals surface area contributed by atoms with Gasteiger partial charge in [-0.05, 0) is 31.0 Å². The van der Waals surface area contributed by atoms with E-state index in [1.165, 1.54) is 12.0 Å². The quantitative estimate of drug-likeness (QED) is 0.859. The zero-order valence-electron chi connectivity index (χ0n) is 10.2. The van der Waals surface area contributed by atoms with Crippen LogP contribution in [0.2, 0.25) is 0 Å². The number of aromatic nitrogens is 2. The Bertz CT molecular complexity index is 462. The summed E-state index contributed by atoms with van der Waals surface area (Å²) in [5.74, 6) is 0. The highest BCUT2D eigenvalue weighted by molar-refractivity contribution is 5.44. The molecule has 0 saturated heterocycles. The summed E-state index contributed by atoms with van der Waals surface area (Å²) >= 11 is 0. The second kappa shape index (κ2) is 5.48. The lowest BCUT2D eigenvalue weighted by Gasteiger charge is -2.05. The number of nitrogens with one attached hydrogen (secondary N) is 1. The number of benzene rings is 1. The largest absolute Gasteiger partial charge is 0.379 e. The average Bonchev–Trinajstić information content (AvgIpc) is 2.75. The molecule has 1 heterocycles. The van der Waals surface area contributed by atoms with Gasteiger partial charge in [0, 0.05) is 5.69 Å². The summed E-state index contributed by atoms with van der Waals surface area (Å²) in [5, 5.41) is 10.9. The maximum Gasteiger partial charge on any atom is 0.127 e. The predicted molar refractivity (Wildman–Crippen MR) is 66.8 cm³/mol. The van der Waals surface area contributed by atoms with Crippen LogP contribution in [0.4, 0.5) is 5.69 Å². The van der Waals surface area contributed by atoms with Gasteiger partial charge in [0.1, 0.15) is 11.4 Å². The number of hydrogen-bond donors (Lipinski definition) is 1. The van der Waals surface area contributed by atoms with Crippen molar-refractivity contribution in [2.24, 2.45) is 0 Å². The molecule has 0 unspecified atom stereocenters. The monoisotopic (exact) mass is 231 g/mol. The van der Waals surface area contributed by atoms with Crippen molar-refractivity contribution < 1.29 is 4.63 Å². The third kappa shape index (κ3) is 3.06. The van der Waals surface area contributed by atoms with Crippen LogP contribution in [-0.4, -0.2) is 10.3 Å². The van der Waals surface area contributed by atoms with Crippen molar-refractivity contribution in [1.29, 1.82) is 0 Å². The van der Waals surface area contributed by atoms with Crippen molar-refractivity contribution in [1.82, 2.24) is 10.3 Å². The highest BCUT2D eigenvalue weighted by Crippen LogP contribution is 2.12. The Balaban J connectivity index is 1.93. The fourth-order valence-corrected chi connectivity index (χ4v) is 1.67. The predicted octanol–water partition coefficient (Wildman–Crippen LogP) is 2.94. The molecule has 0 radical (unpaired) electrons. The molecule has 1 N–H and O–H groups in total. The fraction of sp³-hybridized carbons (Fsp3) is 0.385. The van der Waals surface area contributed by atoms with E-state index in [4.69, 9.17) is 0 Å². The summed E-state index contributed by atoms with van der Waals surface area (Å²) in [6.07, 6.45) is 2.31. The van der Waals surface area contributed by atoms with Crippen molar-refractivity contribution in [3.8, 4) is 0 Å². The van der Waals surface area contributed by atoms with Crippen LogP contribution < -0.4 is 5.32 Å². The van der Waals surface area contributed by atoms with Crippen LogP contribution >= 0.6 is 0 Å². The van der Waals surface area contributed by atoms with Gasteiger partial charge in [0.2, 0.25) is 0 Å². The molecule has 90 valence electrons. The Morgan fingerprint density at radius 1 is 1.18 bits per heavy atom. The van der Waals surface area contributed by atoms with Crippen molar-refractivity contribution in [3.05, 3.63) is 41.2 Å². The summed E-state index contributed by atoms with van der Waals surface area (Å²) in [6.45, 7) is 4.72. The van der Waals surface area contributed by atoms with Gasteiger partial charge in [-0.15, -0.1) is 0 Å². The van der Waals surface area contributed by atoms with Gasteiger partial charge >= 0.3 is 0 Å². The molecule has 1 aromatic carbocycles. The molecule has 17 heavy (non-hydrogen) atoms. The number of aryl methyl sites for hydroxylation is 2. The van der Waals surface area contributed by atoms with Crippen molar-refractivity contribution in [2.75, 3.05) is 5.32 Å². The summed E-state index contributed by atoms with van der Waals surface area (Å²) in [7, 11) is 0. The molecule has 2 rings (SSSR count). The lowest BCUT2D eigenvalue weighted by atomic mass is 10.1. The normalized spacial score (nSPS) is 10.5. The minimum absolute atomic E-state index is 0.641. The molecule has 0 aliphatic carbocycles. The van der Waals surface area contributed by atoms with E-state index in [2.05, 4.69) is 51.4 Å². The minimum Gasteiger partial charge on any atom is -0.379 e. The van der Waals surface area contributed by atoms with E-state index >= 15 is 0 Å². The number of rotatable bonds is 5. The summed E-state index contributed by atoms with van der Waals surface area (Å²) < 4.78 is 4.64. The first-order chi connectivity index (χ1) is 8.29. The van der Waals surface area contributed by atoms with Crippen molar-refractivity contribution >= 4 is 5.69 Å². The van der Waals surface area contributed by atoms with E-state index in [9.17, 15) is 0 Å². The first kappa shape index (κ1) is 11.6. The number of hydrogen-bond acceptors (Lipinski definition) is 4. The van der Waals surface area contributed by atoms with Gasteiger partial charge in [0.25, 0.3) is 0 Å². The second-order valence-corrected chi connectivity index (χ2v) is 4.10. The first-order valence-electron chi connectivity index (χ1n) is 5.90. The molecule has 0 atom stereocenters. The Kier molecular flexibility index (Phi) is 3.75. The maximum absolute atomic E-state index is 4.64. The maximum atomic E-state index is 4.64. The van der Waals surface area contributed by atoms with Gasteiger partial charge in [-0.1, -0.05) is 35.8 Å². The van der Waals surface area contributed by atoms with Gasteiger partial charge in [-0.2, -0.15) is 0 Å². The molecule has 2 aromatic rings. The van der Waals surface area contributed by atoms with Gasteiger partial charge in [-0.3, -0.25) is 0 Å². The third-order valence-corrected chi connectivity index (χ3v) is 2.70. The summed E-state index contributed by atoms with van der Waals surface area (Å²) in [6, 6.07) is 8.49. The topological polar surface area (TPSA) is 51.0 Å². The second-order valence-electron chi connectivity index (χ2n) is 4.10. The molecular weight excluding hydrogens is 214 g/mol. The van der Waals surface area contributed by atoms with Gasteiger partial charge in [0.05, 0.1) is 6.54 Å². The molecule has 0 fully saturated rings. The Morgan fingerprint density at radius 3 is 2.53 bits per heavy atom. The van der Waals surface area contributed by atoms with Crippen LogP contribution in [0.15, 0.2) is 28.9 Å². The molecule has 4 nitrogen and oxygen atoms in total. The molecule has 0 amide bonds. The van der Waals surface area contributed by atoms with E-state index in [-0.39, 0.29) is 0 Å². The van der Waals surface area contributed by atoms with Crippen LogP contribution in [0.25, 0.3) is 0 Å². The number of anilines is 1. The highest BCUT2D eigenvalue weighted by atomic mass is 16.6. The van der Waals surface area contributed by atoms with E-state index in [0.717, 1.165) is 23.5 Å². The summed E-state index contributed by atoms with van der Waals surface area (Å²) in [4.78, 5) is 0. The first-order valence-corrected chi connectivity index (χ1v) is 5.90. The molecule has 1 aromatic heterocycles. The van der Waals surface area contributed by atoms with Gasteiger partial charge in [0.15, 0.2) is 0 Å². The van der Waals surface area contributed by atoms with Crippen LogP contribution in [-0.2, 0) is 13.0 Å². The van der Waals surface area contributed by atoms with Crippen molar-refractivity contribution in [3.63, 3.8) is 0 Å². The SMILES string of the molecule is CCCc1ccc(NCc2nonc2C)cc1. The van der Waals surface area contributed by atoms with Crippen molar-refractivity contribution in [2.45, 2.75) is 33.2 Å². The number of nitrogens with zero attached hydrogens (tertiary/aromatic N) is 2.